The summed E-state index contributed by atoms with van der Waals surface area (Å²) in [5, 5.41) is 0.353. The number of alkyl halides is 1. The Hall–Kier alpha value is -2.49. The summed E-state index contributed by atoms with van der Waals surface area (Å²) in [6.07, 6.45) is 0.0130. The first-order chi connectivity index (χ1) is 14.0. The predicted octanol–water partition coefficient (Wildman–Crippen LogP) is 2.35. The van der Waals surface area contributed by atoms with Crippen LogP contribution in [0.1, 0.15) is 37.0 Å². The first kappa shape index (κ1) is 20.8. The molecule has 2 fully saturated rings. The summed E-state index contributed by atoms with van der Waals surface area (Å²) in [6.45, 7) is 2.60. The summed E-state index contributed by atoms with van der Waals surface area (Å²) in [7, 11) is 0. The van der Waals surface area contributed by atoms with E-state index in [4.69, 9.17) is 25.8 Å². The summed E-state index contributed by atoms with van der Waals surface area (Å²) in [4.78, 5) is 38.4. The van der Waals surface area contributed by atoms with Crippen LogP contribution in [0, 0.1) is 0 Å². The van der Waals surface area contributed by atoms with Gasteiger partial charge in [-0.1, -0.05) is 17.7 Å². The fraction of sp³-hybridized carbons (Fsp3) is 0.450. The number of aromatic nitrogens is 2. The minimum Gasteiger partial charge on any atom is -0.459 e. The minimum absolute atomic E-state index is 0.0812. The molecule has 1 N–H and O–H groups in total. The number of carbonyl (C=O) groups is 1. The maximum Gasteiger partial charge on any atom is 0.338 e. The number of H-pyrrole nitrogens is 1. The Kier molecular flexibility index (Phi) is 4.87. The van der Waals surface area contributed by atoms with Gasteiger partial charge in [0, 0.05) is 23.7 Å². The lowest BCUT2D eigenvalue weighted by Gasteiger charge is -2.31. The smallest absolute Gasteiger partial charge is 0.338 e. The summed E-state index contributed by atoms with van der Waals surface area (Å²) < 4.78 is 34.2. The van der Waals surface area contributed by atoms with E-state index < -0.39 is 47.1 Å². The monoisotopic (exact) mass is 438 g/mol. The molecule has 30 heavy (non-hydrogen) atoms. The molecule has 0 bridgehead atoms. The lowest BCUT2D eigenvalue weighted by molar-refractivity contribution is -0.193. The summed E-state index contributed by atoms with van der Waals surface area (Å²) in [5.74, 6) is -1.93. The lowest BCUT2D eigenvalue weighted by Crippen LogP contribution is -2.52. The van der Waals surface area contributed by atoms with Gasteiger partial charge in [-0.05, 0) is 38.5 Å². The molecule has 1 saturated carbocycles. The maximum absolute atomic E-state index is 16.0. The van der Waals surface area contributed by atoms with E-state index in [0.717, 1.165) is 10.6 Å². The van der Waals surface area contributed by atoms with Crippen LogP contribution in [-0.4, -0.2) is 39.7 Å². The maximum atomic E-state index is 16.0. The molecule has 8 nitrogen and oxygen atoms in total. The average molecular weight is 439 g/mol. The highest BCUT2D eigenvalue weighted by molar-refractivity contribution is 6.30. The van der Waals surface area contributed by atoms with E-state index in [9.17, 15) is 14.4 Å². The van der Waals surface area contributed by atoms with E-state index in [2.05, 4.69) is 4.98 Å². The molecule has 2 aromatic rings. The Morgan fingerprint density at radius 2 is 2.10 bits per heavy atom. The van der Waals surface area contributed by atoms with Gasteiger partial charge in [-0.3, -0.25) is 14.3 Å². The number of ether oxygens (including phenoxy) is 3. The van der Waals surface area contributed by atoms with Gasteiger partial charge in [-0.25, -0.2) is 14.0 Å². The number of benzene rings is 1. The van der Waals surface area contributed by atoms with Crippen molar-refractivity contribution in [3.8, 4) is 0 Å². The average Bonchev–Trinajstić information content (AvgIpc) is 3.10. The van der Waals surface area contributed by atoms with Crippen molar-refractivity contribution >= 4 is 17.6 Å². The molecule has 1 aromatic carbocycles. The van der Waals surface area contributed by atoms with E-state index in [1.807, 2.05) is 0 Å². The molecule has 2 aliphatic rings. The van der Waals surface area contributed by atoms with Crippen molar-refractivity contribution in [1.29, 1.82) is 0 Å². The van der Waals surface area contributed by atoms with Crippen LogP contribution in [0.15, 0.2) is 46.1 Å². The van der Waals surface area contributed by atoms with E-state index >= 15 is 4.39 Å². The zero-order valence-corrected chi connectivity index (χ0v) is 17.1. The number of hydrogen-bond acceptors (Lipinski definition) is 6. The molecule has 0 radical (unpaired) electrons. The predicted molar refractivity (Wildman–Crippen MR) is 104 cm³/mol. The molecule has 0 spiro atoms. The number of halogens is 2. The largest absolute Gasteiger partial charge is 0.459 e. The van der Waals surface area contributed by atoms with Crippen LogP contribution < -0.4 is 11.2 Å². The van der Waals surface area contributed by atoms with Crippen molar-refractivity contribution in [3.63, 3.8) is 0 Å². The molecular weight excluding hydrogens is 419 g/mol. The molecule has 0 amide bonds. The third-order valence-electron chi connectivity index (χ3n) is 5.34. The molecule has 1 saturated heterocycles. The third kappa shape index (κ3) is 3.46. The number of fused-ring (bicyclic) bond motifs is 1. The van der Waals surface area contributed by atoms with Crippen molar-refractivity contribution < 1.29 is 23.4 Å². The SMILES string of the molecule is CC1(C)O[C@@H]2[C@@](F)(COC(=O)c3cccc(Cl)c3)CC[C@@]2(n2ccc(=O)[nH]c2=O)O1. The number of rotatable bonds is 4. The second kappa shape index (κ2) is 7.04. The van der Waals surface area contributed by atoms with Crippen LogP contribution in [0.3, 0.4) is 0 Å². The number of aromatic amines is 1. The van der Waals surface area contributed by atoms with Crippen LogP contribution >= 0.6 is 11.6 Å². The molecule has 160 valence electrons. The van der Waals surface area contributed by atoms with Gasteiger partial charge in [0.05, 0.1) is 5.56 Å². The number of nitrogens with one attached hydrogen (secondary N) is 1. The van der Waals surface area contributed by atoms with Crippen molar-refractivity contribution in [2.75, 3.05) is 6.61 Å². The van der Waals surface area contributed by atoms with E-state index in [1.54, 1.807) is 26.0 Å². The Morgan fingerprint density at radius 1 is 1.33 bits per heavy atom. The molecule has 10 heteroatoms. The topological polar surface area (TPSA) is 99.6 Å². The zero-order chi connectivity index (χ0) is 21.7. The van der Waals surface area contributed by atoms with Gasteiger partial charge in [0.25, 0.3) is 5.56 Å². The molecule has 1 aliphatic heterocycles. The molecular formula is C20H20ClFN2O6. The van der Waals surface area contributed by atoms with Crippen molar-refractivity contribution in [3.05, 3.63) is 68.0 Å². The third-order valence-corrected chi connectivity index (χ3v) is 5.57. The fourth-order valence-corrected chi connectivity index (χ4v) is 4.32. The summed E-state index contributed by atoms with van der Waals surface area (Å²) in [5.41, 5.74) is -4.73. The first-order valence-corrected chi connectivity index (χ1v) is 9.75. The molecule has 3 atom stereocenters. The molecule has 1 aliphatic carbocycles. The molecule has 1 aromatic heterocycles. The second-order valence-corrected chi connectivity index (χ2v) is 8.38. The standard InChI is InChI=1S/C20H20ClFN2O6/c1-18(2)29-16-19(22,11-28-15(26)12-4-3-5-13(21)10-12)7-8-20(16,30-18)24-9-6-14(25)23-17(24)27/h3-6,9-10,16H,7-8,11H2,1-2H3,(H,23,25,27)/t16-,19+,20-/m1/s1. The number of nitrogens with zero attached hydrogens (tertiary/aromatic N) is 1. The number of esters is 1. The minimum atomic E-state index is -2.11. The van der Waals surface area contributed by atoms with Gasteiger partial charge >= 0.3 is 11.7 Å². The van der Waals surface area contributed by atoms with Gasteiger partial charge < -0.3 is 14.2 Å². The quantitative estimate of drug-likeness (QED) is 0.735. The van der Waals surface area contributed by atoms with Crippen LogP contribution in [0.4, 0.5) is 4.39 Å². The first-order valence-electron chi connectivity index (χ1n) is 9.37. The van der Waals surface area contributed by atoms with Crippen LogP contribution in [0.2, 0.25) is 5.02 Å². The Morgan fingerprint density at radius 3 is 2.80 bits per heavy atom. The van der Waals surface area contributed by atoms with E-state index in [1.165, 1.54) is 18.3 Å². The normalized spacial score (nSPS) is 29.5. The van der Waals surface area contributed by atoms with Crippen molar-refractivity contribution in [1.82, 2.24) is 9.55 Å². The van der Waals surface area contributed by atoms with Crippen LogP contribution in [0.5, 0.6) is 0 Å². The second-order valence-electron chi connectivity index (χ2n) is 7.95. The highest BCUT2D eigenvalue weighted by Gasteiger charge is 2.68. The number of hydrogen-bond donors (Lipinski definition) is 1. The fourth-order valence-electron chi connectivity index (χ4n) is 4.13. The van der Waals surface area contributed by atoms with Gasteiger partial charge in [0.15, 0.2) is 17.2 Å². The molecule has 2 heterocycles. The molecule has 4 rings (SSSR count). The Bertz CT molecular complexity index is 1110. The van der Waals surface area contributed by atoms with Crippen molar-refractivity contribution in [2.45, 2.75) is 50.0 Å². The van der Waals surface area contributed by atoms with Gasteiger partial charge in [0.2, 0.25) is 0 Å². The van der Waals surface area contributed by atoms with Crippen molar-refractivity contribution in [2.24, 2.45) is 0 Å². The Balaban J connectivity index is 1.63. The lowest BCUT2D eigenvalue weighted by atomic mass is 10.0. The zero-order valence-electron chi connectivity index (χ0n) is 16.3. The van der Waals surface area contributed by atoms with Gasteiger partial charge in [0.1, 0.15) is 12.7 Å². The van der Waals surface area contributed by atoms with Gasteiger partial charge in [-0.2, -0.15) is 0 Å². The van der Waals surface area contributed by atoms with E-state index in [-0.39, 0.29) is 18.4 Å². The highest BCUT2D eigenvalue weighted by Crippen LogP contribution is 2.54. The van der Waals surface area contributed by atoms with Gasteiger partial charge in [-0.15, -0.1) is 0 Å². The number of carbonyl (C=O) groups excluding carboxylic acids is 1. The Labute approximate surface area is 175 Å². The summed E-state index contributed by atoms with van der Waals surface area (Å²) >= 11 is 5.88. The molecule has 0 unspecified atom stereocenters. The summed E-state index contributed by atoms with van der Waals surface area (Å²) in [6, 6.07) is 7.28. The highest BCUT2D eigenvalue weighted by atomic mass is 35.5. The van der Waals surface area contributed by atoms with Crippen LogP contribution in [-0.2, 0) is 19.9 Å². The van der Waals surface area contributed by atoms with E-state index in [0.29, 0.717) is 5.02 Å². The van der Waals surface area contributed by atoms with Crippen LogP contribution in [0.25, 0.3) is 0 Å².